The monoisotopic (exact) mass is 808 g/mol. The van der Waals surface area contributed by atoms with E-state index < -0.39 is 12.0 Å². The van der Waals surface area contributed by atoms with Crippen LogP contribution >= 0.6 is 68.3 Å². The van der Waals surface area contributed by atoms with Gasteiger partial charge in [0.25, 0.3) is 5.56 Å². The maximum atomic E-state index is 13.9. The van der Waals surface area contributed by atoms with E-state index in [1.165, 1.54) is 11.3 Å². The van der Waals surface area contributed by atoms with Gasteiger partial charge in [-0.15, -0.1) is 11.8 Å². The van der Waals surface area contributed by atoms with Crippen LogP contribution in [0.1, 0.15) is 36.6 Å². The van der Waals surface area contributed by atoms with Gasteiger partial charge in [0.05, 0.1) is 32.0 Å². The largest absolute Gasteiger partial charge is 0.488 e. The Kier molecular flexibility index (Phi) is 9.72. The maximum absolute atomic E-state index is 13.9. The van der Waals surface area contributed by atoms with E-state index in [9.17, 15) is 9.59 Å². The number of ether oxygens (including phenoxy) is 2. The number of benzene rings is 3. The van der Waals surface area contributed by atoms with Crippen LogP contribution < -0.4 is 19.6 Å². The molecule has 5 rings (SSSR count). The zero-order valence-electron chi connectivity index (χ0n) is 22.5. The molecule has 0 spiro atoms. The number of hydrogen-bond acceptors (Lipinski definition) is 7. The number of thioether (sulfide) groups is 1. The Labute approximate surface area is 273 Å². The van der Waals surface area contributed by atoms with Crippen molar-refractivity contribution in [2.75, 3.05) is 12.9 Å². The quantitative estimate of drug-likeness (QED) is 0.119. The van der Waals surface area contributed by atoms with Crippen molar-refractivity contribution in [2.24, 2.45) is 4.99 Å². The molecule has 0 radical (unpaired) electrons. The Balaban J connectivity index is 1.53. The van der Waals surface area contributed by atoms with E-state index >= 15 is 0 Å². The molecule has 0 unspecified atom stereocenters. The van der Waals surface area contributed by atoms with Gasteiger partial charge >= 0.3 is 5.97 Å². The van der Waals surface area contributed by atoms with Crippen LogP contribution in [0.3, 0.4) is 0 Å². The van der Waals surface area contributed by atoms with E-state index in [1.807, 2.05) is 73.0 Å². The van der Waals surface area contributed by atoms with Crippen molar-refractivity contribution in [3.63, 3.8) is 0 Å². The molecule has 210 valence electrons. The van der Waals surface area contributed by atoms with Gasteiger partial charge in [-0.05, 0) is 124 Å². The van der Waals surface area contributed by atoms with E-state index in [0.29, 0.717) is 27.2 Å². The minimum absolute atomic E-state index is 0.197. The Morgan fingerprint density at radius 3 is 2.61 bits per heavy atom. The molecule has 0 saturated carbocycles. The van der Waals surface area contributed by atoms with Crippen molar-refractivity contribution in [1.82, 2.24) is 4.57 Å². The Morgan fingerprint density at radius 1 is 1.12 bits per heavy atom. The van der Waals surface area contributed by atoms with Gasteiger partial charge in [0.1, 0.15) is 12.4 Å². The summed E-state index contributed by atoms with van der Waals surface area (Å²) in [5, 5.41) is 0. The van der Waals surface area contributed by atoms with E-state index in [4.69, 9.17) is 9.47 Å². The normalized spacial score (nSPS) is 15.0. The number of thiazole rings is 1. The summed E-state index contributed by atoms with van der Waals surface area (Å²) in [5.74, 6) is 0.375. The van der Waals surface area contributed by atoms with Crippen LogP contribution in [0.5, 0.6) is 5.75 Å². The Hall–Kier alpha value is -2.42. The number of carbonyl (C=O) groups excluding carboxylic acids is 1. The lowest BCUT2D eigenvalue weighted by molar-refractivity contribution is -0.139. The van der Waals surface area contributed by atoms with Gasteiger partial charge in [-0.25, -0.2) is 9.79 Å². The standard InChI is InChI=1S/C31H26I2N2O4S2/c1-4-38-30(37)27-18(2)34-31-35(28(27)21-8-11-23(40-3)12-9-21)29(36)26(41-31)15-19-6-5-7-20(14-19)17-39-25-13-10-22(32)16-24(25)33/h5-16,28H,4,17H2,1-3H3/b26-15-/t28-/m0/s1. The molecule has 10 heteroatoms. The van der Waals surface area contributed by atoms with Gasteiger partial charge in [0, 0.05) is 8.47 Å². The molecule has 0 N–H and O–H groups in total. The minimum Gasteiger partial charge on any atom is -0.488 e. The molecule has 0 saturated heterocycles. The molecule has 0 fully saturated rings. The van der Waals surface area contributed by atoms with Crippen LogP contribution in [0, 0.1) is 7.14 Å². The fraction of sp³-hybridized carbons (Fsp3) is 0.194. The lowest BCUT2D eigenvalue weighted by Gasteiger charge is -2.24. The topological polar surface area (TPSA) is 69.9 Å². The molecule has 0 amide bonds. The highest BCUT2D eigenvalue weighted by atomic mass is 127. The van der Waals surface area contributed by atoms with Crippen LogP contribution in [0.4, 0.5) is 0 Å². The first-order chi connectivity index (χ1) is 19.8. The molecule has 0 aliphatic carbocycles. The van der Waals surface area contributed by atoms with E-state index in [-0.39, 0.29) is 12.2 Å². The molecule has 0 bridgehead atoms. The minimum atomic E-state index is -0.625. The van der Waals surface area contributed by atoms with Crippen molar-refractivity contribution < 1.29 is 14.3 Å². The first kappa shape index (κ1) is 30.1. The van der Waals surface area contributed by atoms with Gasteiger partial charge in [-0.3, -0.25) is 9.36 Å². The molecule has 1 aliphatic rings. The molecule has 2 heterocycles. The lowest BCUT2D eigenvalue weighted by atomic mass is 9.96. The highest BCUT2D eigenvalue weighted by molar-refractivity contribution is 14.1. The molecule has 1 aromatic heterocycles. The van der Waals surface area contributed by atoms with Crippen molar-refractivity contribution in [3.8, 4) is 5.75 Å². The van der Waals surface area contributed by atoms with E-state index in [2.05, 4.69) is 56.2 Å². The fourth-order valence-electron chi connectivity index (χ4n) is 4.57. The SMILES string of the molecule is CCOC(=O)C1=C(C)N=c2s/c(=C\c3cccc(COc4ccc(I)cc4I)c3)c(=O)n2[C@H]1c1ccc(SC)cc1. The van der Waals surface area contributed by atoms with Crippen LogP contribution in [0.15, 0.2) is 92.7 Å². The summed E-state index contributed by atoms with van der Waals surface area (Å²) in [5.41, 5.74) is 3.45. The van der Waals surface area contributed by atoms with Crippen LogP contribution in [-0.2, 0) is 16.1 Å². The van der Waals surface area contributed by atoms with Gasteiger partial charge < -0.3 is 9.47 Å². The third-order valence-electron chi connectivity index (χ3n) is 6.49. The third kappa shape index (κ3) is 6.65. The van der Waals surface area contributed by atoms with Crippen molar-refractivity contribution >= 4 is 80.3 Å². The molecule has 1 aliphatic heterocycles. The van der Waals surface area contributed by atoms with Gasteiger partial charge in [-0.1, -0.05) is 41.7 Å². The summed E-state index contributed by atoms with van der Waals surface area (Å²) in [7, 11) is 0. The molecule has 3 aromatic carbocycles. The second-order valence-corrected chi connectivity index (χ2v) is 13.5. The summed E-state index contributed by atoms with van der Waals surface area (Å²) in [4.78, 5) is 33.3. The highest BCUT2D eigenvalue weighted by Gasteiger charge is 2.33. The first-order valence-electron chi connectivity index (χ1n) is 12.8. The summed E-state index contributed by atoms with van der Waals surface area (Å²) in [6.07, 6.45) is 3.88. The first-order valence-corrected chi connectivity index (χ1v) is 17.0. The van der Waals surface area contributed by atoms with Gasteiger partial charge in [0.2, 0.25) is 0 Å². The molecule has 4 aromatic rings. The average molecular weight is 809 g/mol. The van der Waals surface area contributed by atoms with Crippen molar-refractivity contribution in [1.29, 1.82) is 0 Å². The van der Waals surface area contributed by atoms with E-state index in [1.54, 1.807) is 30.2 Å². The number of nitrogens with zero attached hydrogens (tertiary/aromatic N) is 2. The lowest BCUT2D eigenvalue weighted by Crippen LogP contribution is -2.39. The summed E-state index contributed by atoms with van der Waals surface area (Å²) in [6.45, 7) is 4.21. The molecule has 6 nitrogen and oxygen atoms in total. The zero-order chi connectivity index (χ0) is 29.1. The van der Waals surface area contributed by atoms with E-state index in [0.717, 1.165) is 34.5 Å². The van der Waals surface area contributed by atoms with Gasteiger partial charge in [-0.2, -0.15) is 0 Å². The predicted molar refractivity (Wildman–Crippen MR) is 181 cm³/mol. The second kappa shape index (κ2) is 13.3. The maximum Gasteiger partial charge on any atom is 0.338 e. The molecular formula is C31H26I2N2O4S2. The smallest absolute Gasteiger partial charge is 0.338 e. The summed E-state index contributed by atoms with van der Waals surface area (Å²) >= 11 is 7.52. The summed E-state index contributed by atoms with van der Waals surface area (Å²) in [6, 6.07) is 21.3. The van der Waals surface area contributed by atoms with Crippen molar-refractivity contribution in [3.05, 3.63) is 122 Å². The number of esters is 1. The zero-order valence-corrected chi connectivity index (χ0v) is 28.5. The molecular weight excluding hydrogens is 782 g/mol. The molecule has 1 atom stereocenters. The fourth-order valence-corrected chi connectivity index (χ4v) is 7.78. The molecule has 41 heavy (non-hydrogen) atoms. The second-order valence-electron chi connectivity index (χ2n) is 9.18. The van der Waals surface area contributed by atoms with Gasteiger partial charge in [0.15, 0.2) is 4.80 Å². The Bertz CT molecular complexity index is 1830. The summed E-state index contributed by atoms with van der Waals surface area (Å²) < 4.78 is 15.8. The number of rotatable bonds is 8. The average Bonchev–Trinajstić information content (AvgIpc) is 3.26. The predicted octanol–water partition coefficient (Wildman–Crippen LogP) is 6.31. The number of allylic oxidation sites excluding steroid dienone is 1. The van der Waals surface area contributed by atoms with Crippen LogP contribution in [-0.4, -0.2) is 23.4 Å². The number of hydrogen-bond donors (Lipinski definition) is 0. The number of fused-ring (bicyclic) bond motifs is 1. The highest BCUT2D eigenvalue weighted by Crippen LogP contribution is 2.31. The Morgan fingerprint density at radius 2 is 1.90 bits per heavy atom. The third-order valence-corrected chi connectivity index (χ3v) is 9.73. The van der Waals surface area contributed by atoms with Crippen LogP contribution in [0.25, 0.3) is 6.08 Å². The number of carbonyl (C=O) groups is 1. The van der Waals surface area contributed by atoms with Crippen LogP contribution in [0.2, 0.25) is 0 Å². The van der Waals surface area contributed by atoms with Crippen molar-refractivity contribution in [2.45, 2.75) is 31.4 Å². The number of aromatic nitrogens is 1. The number of halogens is 2.